The molecule has 1 aromatic rings. The third kappa shape index (κ3) is 2.34. The van der Waals surface area contributed by atoms with Crippen LogP contribution in [0.3, 0.4) is 0 Å². The van der Waals surface area contributed by atoms with Gasteiger partial charge in [-0.25, -0.2) is 4.98 Å². The number of carboxylic acid groups (broad SMARTS) is 1. The molecule has 0 aliphatic carbocycles. The lowest BCUT2D eigenvalue weighted by Gasteiger charge is -1.99. The molecule has 0 aliphatic heterocycles. The number of nitrogens with zero attached hydrogens (tertiary/aromatic N) is 1. The van der Waals surface area contributed by atoms with Crippen molar-refractivity contribution in [1.29, 1.82) is 0 Å². The number of aromatic nitrogens is 1. The van der Waals surface area contributed by atoms with E-state index in [2.05, 4.69) is 4.98 Å². The quantitative estimate of drug-likeness (QED) is 0.801. The van der Waals surface area contributed by atoms with Gasteiger partial charge in [0.1, 0.15) is 12.2 Å². The number of carbonyl (C=O) groups is 1. The highest BCUT2D eigenvalue weighted by atomic mass is 16.4. The second-order valence-electron chi connectivity index (χ2n) is 3.49. The zero-order chi connectivity index (χ0) is 10.7. The lowest BCUT2D eigenvalue weighted by molar-refractivity contribution is -0.136. The summed E-state index contributed by atoms with van der Waals surface area (Å²) in [4.78, 5) is 14.6. The standard InChI is InChI=1S/C10H15NO3/c1-4-7-10(6(2)3)11-8(14-7)5-9(12)13/h6H,4-5H2,1-3H3,(H,12,13). The van der Waals surface area contributed by atoms with Crippen LogP contribution in [0.2, 0.25) is 0 Å². The Bertz CT molecular complexity index is 328. The Labute approximate surface area is 83.0 Å². The summed E-state index contributed by atoms with van der Waals surface area (Å²) in [6, 6.07) is 0. The minimum atomic E-state index is -0.913. The Morgan fingerprint density at radius 1 is 1.57 bits per heavy atom. The van der Waals surface area contributed by atoms with E-state index in [1.807, 2.05) is 20.8 Å². The second kappa shape index (κ2) is 4.26. The van der Waals surface area contributed by atoms with Gasteiger partial charge in [0.05, 0.1) is 5.69 Å². The molecule has 0 saturated heterocycles. The molecule has 1 rings (SSSR count). The number of aryl methyl sites for hydroxylation is 1. The summed E-state index contributed by atoms with van der Waals surface area (Å²) in [5.74, 6) is 0.467. The van der Waals surface area contributed by atoms with Crippen LogP contribution in [-0.2, 0) is 17.6 Å². The highest BCUT2D eigenvalue weighted by molar-refractivity contribution is 5.68. The van der Waals surface area contributed by atoms with E-state index in [-0.39, 0.29) is 12.3 Å². The van der Waals surface area contributed by atoms with Gasteiger partial charge in [-0.15, -0.1) is 0 Å². The van der Waals surface area contributed by atoms with Gasteiger partial charge in [-0.05, 0) is 5.92 Å². The number of carboxylic acids is 1. The molecule has 1 aromatic heterocycles. The zero-order valence-corrected chi connectivity index (χ0v) is 8.70. The van der Waals surface area contributed by atoms with Crippen molar-refractivity contribution in [3.05, 3.63) is 17.3 Å². The highest BCUT2D eigenvalue weighted by Gasteiger charge is 2.16. The number of oxazole rings is 1. The molecule has 0 saturated carbocycles. The first kappa shape index (κ1) is 10.8. The third-order valence-electron chi connectivity index (χ3n) is 1.94. The van der Waals surface area contributed by atoms with E-state index in [0.29, 0.717) is 5.89 Å². The van der Waals surface area contributed by atoms with Crippen LogP contribution >= 0.6 is 0 Å². The van der Waals surface area contributed by atoms with Gasteiger partial charge in [0, 0.05) is 6.42 Å². The topological polar surface area (TPSA) is 63.3 Å². The molecular weight excluding hydrogens is 182 g/mol. The number of aliphatic carboxylic acids is 1. The van der Waals surface area contributed by atoms with Crippen LogP contribution in [0.25, 0.3) is 0 Å². The lowest BCUT2D eigenvalue weighted by Crippen LogP contribution is -2.00. The molecule has 0 unspecified atom stereocenters. The Morgan fingerprint density at radius 2 is 2.21 bits per heavy atom. The molecule has 1 heterocycles. The first-order valence-electron chi connectivity index (χ1n) is 4.74. The van der Waals surface area contributed by atoms with Gasteiger partial charge >= 0.3 is 5.97 Å². The first-order valence-corrected chi connectivity index (χ1v) is 4.74. The van der Waals surface area contributed by atoms with Gasteiger partial charge in [0.25, 0.3) is 0 Å². The average Bonchev–Trinajstić information content (AvgIpc) is 2.46. The van der Waals surface area contributed by atoms with Crippen LogP contribution in [0.1, 0.15) is 44.0 Å². The van der Waals surface area contributed by atoms with Gasteiger partial charge in [0.15, 0.2) is 0 Å². The fraction of sp³-hybridized carbons (Fsp3) is 0.600. The highest BCUT2D eigenvalue weighted by Crippen LogP contribution is 2.20. The molecule has 4 nitrogen and oxygen atoms in total. The molecular formula is C10H15NO3. The molecule has 78 valence electrons. The van der Waals surface area contributed by atoms with Crippen molar-refractivity contribution in [2.75, 3.05) is 0 Å². The van der Waals surface area contributed by atoms with Crippen LogP contribution in [0.5, 0.6) is 0 Å². The van der Waals surface area contributed by atoms with E-state index in [1.54, 1.807) is 0 Å². The molecule has 1 N–H and O–H groups in total. The van der Waals surface area contributed by atoms with Crippen molar-refractivity contribution >= 4 is 5.97 Å². The Hall–Kier alpha value is -1.32. The summed E-state index contributed by atoms with van der Waals surface area (Å²) in [6.07, 6.45) is 0.611. The van der Waals surface area contributed by atoms with Crippen molar-refractivity contribution in [2.45, 2.75) is 39.5 Å². The summed E-state index contributed by atoms with van der Waals surface area (Å²) in [5, 5.41) is 8.58. The fourth-order valence-corrected chi connectivity index (χ4v) is 1.32. The van der Waals surface area contributed by atoms with Gasteiger partial charge in [-0.2, -0.15) is 0 Å². The maximum atomic E-state index is 10.4. The Morgan fingerprint density at radius 3 is 2.57 bits per heavy atom. The van der Waals surface area contributed by atoms with Crippen molar-refractivity contribution in [2.24, 2.45) is 0 Å². The van der Waals surface area contributed by atoms with Gasteiger partial charge in [-0.3, -0.25) is 4.79 Å². The fourth-order valence-electron chi connectivity index (χ4n) is 1.32. The normalized spacial score (nSPS) is 10.9. The van der Waals surface area contributed by atoms with Crippen molar-refractivity contribution < 1.29 is 14.3 Å². The molecule has 0 aromatic carbocycles. The second-order valence-corrected chi connectivity index (χ2v) is 3.49. The predicted octanol–water partition coefficient (Wildman–Crippen LogP) is 1.99. The van der Waals surface area contributed by atoms with Gasteiger partial charge < -0.3 is 9.52 Å². The van der Waals surface area contributed by atoms with Gasteiger partial charge in [-0.1, -0.05) is 20.8 Å². The summed E-state index contributed by atoms with van der Waals surface area (Å²) in [5.41, 5.74) is 0.878. The van der Waals surface area contributed by atoms with E-state index in [1.165, 1.54) is 0 Å². The molecule has 0 amide bonds. The smallest absolute Gasteiger partial charge is 0.312 e. The first-order chi connectivity index (χ1) is 6.54. The van der Waals surface area contributed by atoms with Crippen molar-refractivity contribution in [3.63, 3.8) is 0 Å². The molecule has 14 heavy (non-hydrogen) atoms. The number of rotatable bonds is 4. The van der Waals surface area contributed by atoms with Crippen LogP contribution in [0, 0.1) is 0 Å². The number of hydrogen-bond acceptors (Lipinski definition) is 3. The van der Waals surface area contributed by atoms with Crippen LogP contribution in [-0.4, -0.2) is 16.1 Å². The zero-order valence-electron chi connectivity index (χ0n) is 8.70. The van der Waals surface area contributed by atoms with Crippen molar-refractivity contribution in [3.8, 4) is 0 Å². The minimum Gasteiger partial charge on any atom is -0.481 e. The summed E-state index contributed by atoms with van der Waals surface area (Å²) in [7, 11) is 0. The molecule has 0 radical (unpaired) electrons. The minimum absolute atomic E-state index is 0.139. The summed E-state index contributed by atoms with van der Waals surface area (Å²) < 4.78 is 5.34. The molecule has 4 heteroatoms. The molecule has 0 aliphatic rings. The maximum Gasteiger partial charge on any atom is 0.312 e. The Balaban J connectivity index is 2.94. The largest absolute Gasteiger partial charge is 0.481 e. The van der Waals surface area contributed by atoms with Crippen LogP contribution < -0.4 is 0 Å². The summed E-state index contributed by atoms with van der Waals surface area (Å²) in [6.45, 7) is 6.00. The van der Waals surface area contributed by atoms with E-state index >= 15 is 0 Å². The van der Waals surface area contributed by atoms with Crippen molar-refractivity contribution in [1.82, 2.24) is 4.98 Å². The van der Waals surface area contributed by atoms with Crippen LogP contribution in [0.15, 0.2) is 4.42 Å². The SMILES string of the molecule is CCc1oc(CC(=O)O)nc1C(C)C. The average molecular weight is 197 g/mol. The summed E-state index contributed by atoms with van der Waals surface area (Å²) >= 11 is 0. The molecule has 0 bridgehead atoms. The van der Waals surface area contributed by atoms with Gasteiger partial charge in [0.2, 0.25) is 5.89 Å². The molecule has 0 fully saturated rings. The van der Waals surface area contributed by atoms with E-state index in [4.69, 9.17) is 9.52 Å². The molecule has 0 spiro atoms. The third-order valence-corrected chi connectivity index (χ3v) is 1.94. The van der Waals surface area contributed by atoms with E-state index < -0.39 is 5.97 Å². The predicted molar refractivity (Wildman–Crippen MR) is 51.3 cm³/mol. The lowest BCUT2D eigenvalue weighted by atomic mass is 10.1. The Kier molecular flexibility index (Phi) is 3.28. The maximum absolute atomic E-state index is 10.4. The monoisotopic (exact) mass is 197 g/mol. The molecule has 0 atom stereocenters. The number of hydrogen-bond donors (Lipinski definition) is 1. The van der Waals surface area contributed by atoms with E-state index in [9.17, 15) is 4.79 Å². The van der Waals surface area contributed by atoms with Crippen LogP contribution in [0.4, 0.5) is 0 Å². The van der Waals surface area contributed by atoms with E-state index in [0.717, 1.165) is 17.9 Å².